The number of rotatable bonds is 3. The number of hydrogen-bond acceptors (Lipinski definition) is 3. The normalized spacial score (nSPS) is 29.5. The first-order valence-electron chi connectivity index (χ1n) is 7.13. The molecule has 2 heterocycles. The van der Waals surface area contributed by atoms with Crippen molar-refractivity contribution in [3.63, 3.8) is 0 Å². The van der Waals surface area contributed by atoms with Gasteiger partial charge in [0.1, 0.15) is 11.1 Å². The summed E-state index contributed by atoms with van der Waals surface area (Å²) in [4.78, 5) is 27.1. The second kappa shape index (κ2) is 4.78. The Kier molecular flexibility index (Phi) is 3.60. The number of hydrogen-bond donors (Lipinski definition) is 1. The average molecular weight is 268 g/mol. The van der Waals surface area contributed by atoms with Gasteiger partial charge in [0, 0.05) is 6.61 Å². The monoisotopic (exact) mass is 268 g/mol. The molecule has 5 heteroatoms. The zero-order valence-corrected chi connectivity index (χ0v) is 12.3. The zero-order chi connectivity index (χ0) is 14.3. The standard InChI is InChI=1S/C14H24N2O3/c1-5-14(6-2)12(18)16(10-7-8-19-9-10)13(3,4)11(17)15-14/h10H,5-9H2,1-4H3,(H,15,17). The van der Waals surface area contributed by atoms with Gasteiger partial charge in [-0.2, -0.15) is 0 Å². The highest BCUT2D eigenvalue weighted by atomic mass is 16.5. The number of carbonyl (C=O) groups is 2. The molecule has 2 aliphatic heterocycles. The van der Waals surface area contributed by atoms with Crippen molar-refractivity contribution in [2.75, 3.05) is 13.2 Å². The molecule has 108 valence electrons. The topological polar surface area (TPSA) is 58.6 Å². The van der Waals surface area contributed by atoms with E-state index in [1.165, 1.54) is 0 Å². The maximum atomic E-state index is 12.9. The number of nitrogens with zero attached hydrogens (tertiary/aromatic N) is 1. The molecule has 2 fully saturated rings. The van der Waals surface area contributed by atoms with Gasteiger partial charge in [-0.1, -0.05) is 13.8 Å². The van der Waals surface area contributed by atoms with E-state index in [1.54, 1.807) is 4.90 Å². The maximum Gasteiger partial charge on any atom is 0.249 e. The van der Waals surface area contributed by atoms with E-state index in [2.05, 4.69) is 5.32 Å². The van der Waals surface area contributed by atoms with E-state index in [0.29, 0.717) is 26.1 Å². The van der Waals surface area contributed by atoms with Gasteiger partial charge in [-0.3, -0.25) is 9.59 Å². The molecule has 1 N–H and O–H groups in total. The molecule has 0 spiro atoms. The third-order valence-corrected chi connectivity index (χ3v) is 4.62. The van der Waals surface area contributed by atoms with Gasteiger partial charge in [0.15, 0.2) is 0 Å². The van der Waals surface area contributed by atoms with E-state index in [0.717, 1.165) is 6.42 Å². The summed E-state index contributed by atoms with van der Waals surface area (Å²) >= 11 is 0. The molecule has 0 saturated carbocycles. The van der Waals surface area contributed by atoms with Crippen LogP contribution in [0.1, 0.15) is 47.0 Å². The van der Waals surface area contributed by atoms with Crippen molar-refractivity contribution in [2.45, 2.75) is 64.1 Å². The number of amides is 2. The summed E-state index contributed by atoms with van der Waals surface area (Å²) in [6.45, 7) is 8.72. The fourth-order valence-corrected chi connectivity index (χ4v) is 3.09. The number of piperazine rings is 1. The molecule has 2 amide bonds. The summed E-state index contributed by atoms with van der Waals surface area (Å²) in [5.41, 5.74) is -1.54. The quantitative estimate of drug-likeness (QED) is 0.833. The van der Waals surface area contributed by atoms with E-state index in [1.807, 2.05) is 27.7 Å². The summed E-state index contributed by atoms with van der Waals surface area (Å²) < 4.78 is 5.40. The molecule has 0 aromatic rings. The highest BCUT2D eigenvalue weighted by Gasteiger charge is 2.55. The van der Waals surface area contributed by atoms with Gasteiger partial charge in [-0.05, 0) is 33.1 Å². The third kappa shape index (κ3) is 2.04. The molecule has 5 nitrogen and oxygen atoms in total. The lowest BCUT2D eigenvalue weighted by Crippen LogP contribution is -2.75. The maximum absolute atomic E-state index is 12.9. The lowest BCUT2D eigenvalue weighted by Gasteiger charge is -2.51. The van der Waals surface area contributed by atoms with Crippen molar-refractivity contribution >= 4 is 11.8 Å². The molecule has 0 aromatic carbocycles. The first-order chi connectivity index (χ1) is 8.89. The Bertz CT molecular complexity index is 382. The molecule has 0 aromatic heterocycles. The van der Waals surface area contributed by atoms with Gasteiger partial charge < -0.3 is 15.0 Å². The van der Waals surface area contributed by atoms with Crippen molar-refractivity contribution in [1.29, 1.82) is 0 Å². The predicted octanol–water partition coefficient (Wildman–Crippen LogP) is 1.07. The molecule has 0 radical (unpaired) electrons. The Morgan fingerprint density at radius 1 is 1.32 bits per heavy atom. The summed E-state index contributed by atoms with van der Waals surface area (Å²) in [6, 6.07) is 0.0195. The van der Waals surface area contributed by atoms with Gasteiger partial charge in [-0.25, -0.2) is 0 Å². The van der Waals surface area contributed by atoms with Crippen LogP contribution in [0.3, 0.4) is 0 Å². The van der Waals surface area contributed by atoms with Crippen molar-refractivity contribution in [3.05, 3.63) is 0 Å². The zero-order valence-electron chi connectivity index (χ0n) is 12.3. The van der Waals surface area contributed by atoms with Crippen LogP contribution in [-0.4, -0.2) is 47.0 Å². The predicted molar refractivity (Wildman–Crippen MR) is 71.6 cm³/mol. The van der Waals surface area contributed by atoms with Crippen molar-refractivity contribution in [1.82, 2.24) is 10.2 Å². The van der Waals surface area contributed by atoms with E-state index in [9.17, 15) is 9.59 Å². The van der Waals surface area contributed by atoms with Gasteiger partial charge in [0.05, 0.1) is 12.6 Å². The Balaban J connectivity index is 2.40. The molecular weight excluding hydrogens is 244 g/mol. The van der Waals surface area contributed by atoms with Gasteiger partial charge in [0.2, 0.25) is 11.8 Å². The lowest BCUT2D eigenvalue weighted by molar-refractivity contribution is -0.165. The SMILES string of the molecule is CCC1(CC)NC(=O)C(C)(C)N(C2CCOC2)C1=O. The van der Waals surface area contributed by atoms with Crippen LogP contribution in [0, 0.1) is 0 Å². The van der Waals surface area contributed by atoms with E-state index >= 15 is 0 Å². The summed E-state index contributed by atoms with van der Waals surface area (Å²) in [5, 5.41) is 2.95. The van der Waals surface area contributed by atoms with E-state index in [-0.39, 0.29) is 17.9 Å². The Hall–Kier alpha value is -1.10. The Labute approximate surface area is 114 Å². The lowest BCUT2D eigenvalue weighted by atomic mass is 9.82. The fraction of sp³-hybridized carbons (Fsp3) is 0.857. The van der Waals surface area contributed by atoms with Gasteiger partial charge in [0.25, 0.3) is 0 Å². The third-order valence-electron chi connectivity index (χ3n) is 4.62. The van der Waals surface area contributed by atoms with E-state index < -0.39 is 11.1 Å². The fourth-order valence-electron chi connectivity index (χ4n) is 3.09. The molecule has 19 heavy (non-hydrogen) atoms. The minimum absolute atomic E-state index is 0.0195. The van der Waals surface area contributed by atoms with Crippen LogP contribution in [0.25, 0.3) is 0 Å². The van der Waals surface area contributed by atoms with Crippen molar-refractivity contribution in [2.24, 2.45) is 0 Å². The van der Waals surface area contributed by atoms with Crippen LogP contribution in [0.2, 0.25) is 0 Å². The Morgan fingerprint density at radius 3 is 2.42 bits per heavy atom. The minimum atomic E-state index is -0.802. The number of nitrogens with one attached hydrogen (secondary N) is 1. The summed E-state index contributed by atoms with van der Waals surface area (Å²) in [6.07, 6.45) is 2.05. The second-order valence-corrected chi connectivity index (χ2v) is 5.99. The molecule has 1 unspecified atom stereocenters. The van der Waals surface area contributed by atoms with Gasteiger partial charge >= 0.3 is 0 Å². The highest BCUT2D eigenvalue weighted by Crippen LogP contribution is 2.33. The molecule has 2 rings (SSSR count). The van der Waals surface area contributed by atoms with E-state index in [4.69, 9.17) is 4.74 Å². The molecular formula is C14H24N2O3. The second-order valence-electron chi connectivity index (χ2n) is 5.99. The smallest absolute Gasteiger partial charge is 0.249 e. The van der Waals surface area contributed by atoms with Crippen LogP contribution in [0.15, 0.2) is 0 Å². The molecule has 1 atom stereocenters. The minimum Gasteiger partial charge on any atom is -0.379 e. The molecule has 0 bridgehead atoms. The summed E-state index contributed by atoms with van der Waals surface area (Å²) in [5.74, 6) is -0.0275. The van der Waals surface area contributed by atoms with Crippen LogP contribution >= 0.6 is 0 Å². The average Bonchev–Trinajstić information content (AvgIpc) is 2.88. The van der Waals surface area contributed by atoms with Crippen LogP contribution in [-0.2, 0) is 14.3 Å². The first kappa shape index (κ1) is 14.3. The number of carbonyl (C=O) groups excluding carboxylic acids is 2. The van der Waals surface area contributed by atoms with Crippen molar-refractivity contribution in [3.8, 4) is 0 Å². The highest BCUT2D eigenvalue weighted by molar-refractivity contribution is 6.02. The molecule has 2 saturated heterocycles. The van der Waals surface area contributed by atoms with Gasteiger partial charge in [-0.15, -0.1) is 0 Å². The van der Waals surface area contributed by atoms with Crippen LogP contribution in [0.5, 0.6) is 0 Å². The number of ether oxygens (including phenoxy) is 1. The van der Waals surface area contributed by atoms with Crippen LogP contribution in [0.4, 0.5) is 0 Å². The van der Waals surface area contributed by atoms with Crippen LogP contribution < -0.4 is 5.32 Å². The molecule has 0 aliphatic carbocycles. The Morgan fingerprint density at radius 2 is 1.95 bits per heavy atom. The largest absolute Gasteiger partial charge is 0.379 e. The summed E-state index contributed by atoms with van der Waals surface area (Å²) in [7, 11) is 0. The first-order valence-corrected chi connectivity index (χ1v) is 7.13. The van der Waals surface area contributed by atoms with Crippen molar-refractivity contribution < 1.29 is 14.3 Å². The molecule has 2 aliphatic rings.